The molecule has 86 valence electrons. The lowest BCUT2D eigenvalue weighted by Crippen LogP contribution is -2.33. The molecule has 0 amide bonds. The van der Waals surface area contributed by atoms with Gasteiger partial charge in [0.1, 0.15) is 0 Å². The van der Waals surface area contributed by atoms with Gasteiger partial charge in [-0.05, 0) is 33.1 Å². The second kappa shape index (κ2) is 6.43. The maximum atomic E-state index is 7.31. The lowest BCUT2D eigenvalue weighted by atomic mass is 10.1. The van der Waals surface area contributed by atoms with Crippen molar-refractivity contribution in [1.82, 2.24) is 10.2 Å². The summed E-state index contributed by atoms with van der Waals surface area (Å²) in [6.07, 6.45) is 3.90. The smallest absolute Gasteiger partial charge is 0.0933 e. The zero-order valence-corrected chi connectivity index (χ0v) is 9.84. The third kappa shape index (κ3) is 4.81. The van der Waals surface area contributed by atoms with Gasteiger partial charge in [-0.15, -0.1) is 0 Å². The molecule has 2 aliphatic rings. The van der Waals surface area contributed by atoms with E-state index < -0.39 is 0 Å². The summed E-state index contributed by atoms with van der Waals surface area (Å²) in [5, 5.41) is 10.4. The molecule has 0 aliphatic carbocycles. The molecule has 4 heteroatoms. The Morgan fingerprint density at radius 3 is 2.27 bits per heavy atom. The SMILES string of the molecule is CC(=N)N1CCCCC1.CC1=NCCN1. The Balaban J connectivity index is 0.000000162. The van der Waals surface area contributed by atoms with Crippen LogP contribution < -0.4 is 5.32 Å². The summed E-state index contributed by atoms with van der Waals surface area (Å²) in [5.41, 5.74) is 0. The highest BCUT2D eigenvalue weighted by atomic mass is 15.2. The molecule has 0 bridgehead atoms. The van der Waals surface area contributed by atoms with Crippen molar-refractivity contribution >= 4 is 11.7 Å². The van der Waals surface area contributed by atoms with E-state index in [2.05, 4.69) is 15.2 Å². The van der Waals surface area contributed by atoms with Gasteiger partial charge in [0.2, 0.25) is 0 Å². The summed E-state index contributed by atoms with van der Waals surface area (Å²) in [6, 6.07) is 0. The molecular weight excluding hydrogens is 188 g/mol. The highest BCUT2D eigenvalue weighted by Gasteiger charge is 2.08. The highest BCUT2D eigenvalue weighted by molar-refractivity contribution is 5.80. The van der Waals surface area contributed by atoms with Crippen LogP contribution in [0.25, 0.3) is 0 Å². The van der Waals surface area contributed by atoms with Crippen LogP contribution in [0.1, 0.15) is 33.1 Å². The van der Waals surface area contributed by atoms with Gasteiger partial charge >= 0.3 is 0 Å². The number of nitrogens with one attached hydrogen (secondary N) is 2. The van der Waals surface area contributed by atoms with E-state index in [1.54, 1.807) is 0 Å². The number of hydrogen-bond donors (Lipinski definition) is 2. The molecule has 0 unspecified atom stereocenters. The van der Waals surface area contributed by atoms with E-state index >= 15 is 0 Å². The summed E-state index contributed by atoms with van der Waals surface area (Å²) in [4.78, 5) is 6.18. The zero-order valence-electron chi connectivity index (χ0n) is 9.84. The van der Waals surface area contributed by atoms with Crippen LogP contribution in [0.3, 0.4) is 0 Å². The van der Waals surface area contributed by atoms with Crippen molar-refractivity contribution in [3.8, 4) is 0 Å². The van der Waals surface area contributed by atoms with Gasteiger partial charge in [0.05, 0.1) is 18.2 Å². The van der Waals surface area contributed by atoms with Crippen LogP contribution >= 0.6 is 0 Å². The quantitative estimate of drug-likeness (QED) is 0.470. The Bertz CT molecular complexity index is 229. The third-order valence-electron chi connectivity index (χ3n) is 2.67. The third-order valence-corrected chi connectivity index (χ3v) is 2.67. The van der Waals surface area contributed by atoms with Gasteiger partial charge in [-0.1, -0.05) is 0 Å². The minimum atomic E-state index is 0.731. The maximum absolute atomic E-state index is 7.31. The Labute approximate surface area is 92.3 Å². The van der Waals surface area contributed by atoms with E-state index in [0.717, 1.165) is 37.9 Å². The van der Waals surface area contributed by atoms with E-state index in [0.29, 0.717) is 0 Å². The monoisotopic (exact) mass is 210 g/mol. The number of amidine groups is 2. The molecule has 2 N–H and O–H groups in total. The second-order valence-corrected chi connectivity index (χ2v) is 4.03. The first-order valence-corrected chi connectivity index (χ1v) is 5.75. The molecule has 1 saturated heterocycles. The molecule has 2 aliphatic heterocycles. The normalized spacial score (nSPS) is 19.9. The fourth-order valence-corrected chi connectivity index (χ4v) is 1.75. The van der Waals surface area contributed by atoms with E-state index in [9.17, 15) is 0 Å². The van der Waals surface area contributed by atoms with Crippen LogP contribution in [0.15, 0.2) is 4.99 Å². The molecule has 0 aromatic heterocycles. The number of nitrogens with zero attached hydrogens (tertiary/aromatic N) is 2. The van der Waals surface area contributed by atoms with Crippen molar-refractivity contribution in [2.45, 2.75) is 33.1 Å². The minimum Gasteiger partial charge on any atom is -0.372 e. The van der Waals surface area contributed by atoms with Gasteiger partial charge in [0.25, 0.3) is 0 Å². The predicted octanol–water partition coefficient (Wildman–Crippen LogP) is 1.48. The first-order valence-electron chi connectivity index (χ1n) is 5.75. The highest BCUT2D eigenvalue weighted by Crippen LogP contribution is 2.07. The molecule has 1 fully saturated rings. The molecule has 15 heavy (non-hydrogen) atoms. The molecule has 4 nitrogen and oxygen atoms in total. The largest absolute Gasteiger partial charge is 0.372 e. The van der Waals surface area contributed by atoms with Gasteiger partial charge in [0.15, 0.2) is 0 Å². The number of hydrogen-bond acceptors (Lipinski definition) is 3. The Morgan fingerprint density at radius 2 is 2.00 bits per heavy atom. The maximum Gasteiger partial charge on any atom is 0.0933 e. The average Bonchev–Trinajstić information content (AvgIpc) is 2.71. The first-order chi connectivity index (χ1) is 7.20. The topological polar surface area (TPSA) is 51.5 Å². The fourth-order valence-electron chi connectivity index (χ4n) is 1.75. The number of piperidine rings is 1. The molecule has 0 spiro atoms. The number of aliphatic imine (C=N–C) groups is 1. The van der Waals surface area contributed by atoms with Gasteiger partial charge in [0, 0.05) is 19.6 Å². The summed E-state index contributed by atoms with van der Waals surface area (Å²) in [7, 11) is 0. The van der Waals surface area contributed by atoms with E-state index in [-0.39, 0.29) is 0 Å². The fraction of sp³-hybridized carbons (Fsp3) is 0.818. The van der Waals surface area contributed by atoms with Crippen molar-refractivity contribution < 1.29 is 0 Å². The Hall–Kier alpha value is -1.06. The van der Waals surface area contributed by atoms with Gasteiger partial charge in [-0.25, -0.2) is 0 Å². The van der Waals surface area contributed by atoms with E-state index in [1.165, 1.54) is 19.3 Å². The van der Waals surface area contributed by atoms with Crippen LogP contribution in [0, 0.1) is 5.41 Å². The van der Waals surface area contributed by atoms with E-state index in [4.69, 9.17) is 5.41 Å². The second-order valence-electron chi connectivity index (χ2n) is 4.03. The molecular formula is C11H22N4. The molecule has 0 radical (unpaired) electrons. The van der Waals surface area contributed by atoms with Crippen molar-refractivity contribution in [1.29, 1.82) is 5.41 Å². The van der Waals surface area contributed by atoms with Crippen LogP contribution in [0.5, 0.6) is 0 Å². The number of likely N-dealkylation sites (tertiary alicyclic amines) is 1. The van der Waals surface area contributed by atoms with Crippen molar-refractivity contribution in [2.75, 3.05) is 26.2 Å². The lowest BCUT2D eigenvalue weighted by molar-refractivity contribution is 0.339. The van der Waals surface area contributed by atoms with Crippen LogP contribution in [0.2, 0.25) is 0 Å². The molecule has 0 aromatic rings. The summed E-state index contributed by atoms with van der Waals surface area (Å²) < 4.78 is 0. The number of rotatable bonds is 0. The van der Waals surface area contributed by atoms with Gasteiger partial charge < -0.3 is 10.2 Å². The summed E-state index contributed by atoms with van der Waals surface area (Å²) in [6.45, 7) is 8.06. The lowest BCUT2D eigenvalue weighted by Gasteiger charge is -2.27. The van der Waals surface area contributed by atoms with Gasteiger partial charge in [-0.2, -0.15) is 0 Å². The van der Waals surface area contributed by atoms with Gasteiger partial charge in [-0.3, -0.25) is 10.4 Å². The molecule has 2 heterocycles. The van der Waals surface area contributed by atoms with Crippen molar-refractivity contribution in [2.24, 2.45) is 4.99 Å². The van der Waals surface area contributed by atoms with Crippen molar-refractivity contribution in [3.05, 3.63) is 0 Å². The van der Waals surface area contributed by atoms with Crippen LogP contribution in [0.4, 0.5) is 0 Å². The van der Waals surface area contributed by atoms with Crippen LogP contribution in [-0.4, -0.2) is 42.8 Å². The van der Waals surface area contributed by atoms with E-state index in [1.807, 2.05) is 13.8 Å². The summed E-state index contributed by atoms with van der Waals surface area (Å²) >= 11 is 0. The molecule has 2 rings (SSSR count). The van der Waals surface area contributed by atoms with Crippen LogP contribution in [-0.2, 0) is 0 Å². The molecule has 0 saturated carbocycles. The Morgan fingerprint density at radius 1 is 1.33 bits per heavy atom. The molecule has 0 aromatic carbocycles. The average molecular weight is 210 g/mol. The zero-order chi connectivity index (χ0) is 11.1. The minimum absolute atomic E-state index is 0.731. The summed E-state index contributed by atoms with van der Waals surface area (Å²) in [5.74, 6) is 1.81. The Kier molecular flexibility index (Phi) is 5.15. The molecule has 0 atom stereocenters. The standard InChI is InChI=1S/C7H14N2.C4H8N2/c1-7(8)9-5-3-2-4-6-9;1-4-5-2-3-6-4/h8H,2-6H2,1H3;2-3H2,1H3,(H,5,6). The predicted molar refractivity (Wildman–Crippen MR) is 64.8 cm³/mol. The van der Waals surface area contributed by atoms with Crippen molar-refractivity contribution in [3.63, 3.8) is 0 Å². The first kappa shape index (κ1) is 12.0.